The van der Waals surface area contributed by atoms with E-state index >= 15 is 0 Å². The minimum Gasteiger partial charge on any atom is -0.334 e. The van der Waals surface area contributed by atoms with Crippen LogP contribution in [0.2, 0.25) is 0 Å². The highest BCUT2D eigenvalue weighted by Crippen LogP contribution is 2.34. The third-order valence-corrected chi connectivity index (χ3v) is 4.44. The topological polar surface area (TPSA) is 43.8 Å². The van der Waals surface area contributed by atoms with Crippen molar-refractivity contribution in [3.63, 3.8) is 0 Å². The molecule has 1 aromatic rings. The molecule has 0 aliphatic carbocycles. The summed E-state index contributed by atoms with van der Waals surface area (Å²) < 4.78 is 2.10. The molecule has 0 amide bonds. The van der Waals surface area contributed by atoms with Gasteiger partial charge < -0.3 is 10.3 Å². The van der Waals surface area contributed by atoms with Crippen LogP contribution < -0.4 is 5.73 Å². The third kappa shape index (κ3) is 1.68. The highest BCUT2D eigenvalue weighted by atomic mass is 32.2. The average molecular weight is 211 g/mol. The van der Waals surface area contributed by atoms with Crippen molar-refractivity contribution < 1.29 is 0 Å². The number of nitrogens with zero attached hydrogens (tertiary/aromatic N) is 2. The van der Waals surface area contributed by atoms with Crippen molar-refractivity contribution in [2.75, 3.05) is 5.75 Å². The standard InChI is InChI=1S/C10H17N3S/c1-7-12-6-8(13(7)2)10(11)9-4-3-5-14-9/h6,9-10H,3-5,11H2,1-2H3. The fourth-order valence-corrected chi connectivity index (χ4v) is 3.22. The quantitative estimate of drug-likeness (QED) is 0.808. The molecular weight excluding hydrogens is 194 g/mol. The summed E-state index contributed by atoms with van der Waals surface area (Å²) in [4.78, 5) is 4.28. The number of rotatable bonds is 2. The van der Waals surface area contributed by atoms with Gasteiger partial charge in [0.15, 0.2) is 0 Å². The molecule has 2 unspecified atom stereocenters. The van der Waals surface area contributed by atoms with Gasteiger partial charge in [0.2, 0.25) is 0 Å². The van der Waals surface area contributed by atoms with Crippen molar-refractivity contribution in [1.29, 1.82) is 0 Å². The zero-order valence-electron chi connectivity index (χ0n) is 8.73. The minimum absolute atomic E-state index is 0.147. The Morgan fingerprint density at radius 2 is 2.50 bits per heavy atom. The van der Waals surface area contributed by atoms with Crippen LogP contribution in [0.1, 0.15) is 30.4 Å². The molecule has 2 N–H and O–H groups in total. The summed E-state index contributed by atoms with van der Waals surface area (Å²) in [6.07, 6.45) is 4.47. The average Bonchev–Trinajstić information content (AvgIpc) is 2.77. The van der Waals surface area contributed by atoms with E-state index < -0.39 is 0 Å². The van der Waals surface area contributed by atoms with E-state index in [0.29, 0.717) is 5.25 Å². The Hall–Kier alpha value is -0.480. The zero-order valence-corrected chi connectivity index (χ0v) is 9.55. The van der Waals surface area contributed by atoms with Crippen LogP contribution in [0.25, 0.3) is 0 Å². The second-order valence-electron chi connectivity index (χ2n) is 3.87. The summed E-state index contributed by atoms with van der Waals surface area (Å²) >= 11 is 2.00. The maximum atomic E-state index is 6.23. The number of aryl methyl sites for hydroxylation is 1. The largest absolute Gasteiger partial charge is 0.334 e. The molecule has 4 heteroatoms. The first kappa shape index (κ1) is 10.1. The molecule has 1 saturated heterocycles. The molecule has 78 valence electrons. The van der Waals surface area contributed by atoms with E-state index in [2.05, 4.69) is 9.55 Å². The molecule has 1 fully saturated rings. The Morgan fingerprint density at radius 3 is 3.00 bits per heavy atom. The Bertz CT molecular complexity index is 315. The molecule has 0 bridgehead atoms. The molecule has 2 rings (SSSR count). The van der Waals surface area contributed by atoms with Crippen molar-refractivity contribution >= 4 is 11.8 Å². The lowest BCUT2D eigenvalue weighted by molar-refractivity contribution is 0.602. The molecule has 14 heavy (non-hydrogen) atoms. The van der Waals surface area contributed by atoms with Gasteiger partial charge in [0.25, 0.3) is 0 Å². The minimum atomic E-state index is 0.147. The summed E-state index contributed by atoms with van der Waals surface area (Å²) in [6.45, 7) is 2.01. The predicted octanol–water partition coefficient (Wildman–Crippen LogP) is 1.62. The molecule has 0 saturated carbocycles. The van der Waals surface area contributed by atoms with Gasteiger partial charge in [-0.2, -0.15) is 11.8 Å². The fraction of sp³-hybridized carbons (Fsp3) is 0.700. The Labute approximate surface area is 89.1 Å². The van der Waals surface area contributed by atoms with Gasteiger partial charge in [0.1, 0.15) is 5.82 Å². The van der Waals surface area contributed by atoms with Crippen LogP contribution in [0.4, 0.5) is 0 Å². The first-order valence-corrected chi connectivity index (χ1v) is 6.10. The van der Waals surface area contributed by atoms with Crippen LogP contribution >= 0.6 is 11.8 Å². The maximum absolute atomic E-state index is 6.23. The predicted molar refractivity (Wildman–Crippen MR) is 60.4 cm³/mol. The SMILES string of the molecule is Cc1ncc(C(N)C2CCCS2)n1C. The summed E-state index contributed by atoms with van der Waals surface area (Å²) in [5.41, 5.74) is 7.40. The van der Waals surface area contributed by atoms with Gasteiger partial charge in [-0.3, -0.25) is 0 Å². The lowest BCUT2D eigenvalue weighted by Gasteiger charge is -2.18. The smallest absolute Gasteiger partial charge is 0.105 e. The molecule has 0 spiro atoms. The normalized spacial score (nSPS) is 24.1. The van der Waals surface area contributed by atoms with E-state index in [1.165, 1.54) is 24.3 Å². The molecule has 3 nitrogen and oxygen atoms in total. The summed E-state index contributed by atoms with van der Waals surface area (Å²) in [6, 6.07) is 0.147. The van der Waals surface area contributed by atoms with Crippen molar-refractivity contribution in [2.45, 2.75) is 31.1 Å². The van der Waals surface area contributed by atoms with E-state index in [-0.39, 0.29) is 6.04 Å². The van der Waals surface area contributed by atoms with Gasteiger partial charge >= 0.3 is 0 Å². The molecule has 2 atom stereocenters. The van der Waals surface area contributed by atoms with Crippen LogP contribution in [0.5, 0.6) is 0 Å². The number of hydrogen-bond donors (Lipinski definition) is 1. The fourth-order valence-electron chi connectivity index (χ4n) is 1.91. The van der Waals surface area contributed by atoms with Crippen molar-refractivity contribution in [3.05, 3.63) is 17.7 Å². The second-order valence-corrected chi connectivity index (χ2v) is 5.21. The van der Waals surface area contributed by atoms with Crippen LogP contribution in [0, 0.1) is 6.92 Å². The van der Waals surface area contributed by atoms with E-state index in [1.807, 2.05) is 31.9 Å². The first-order chi connectivity index (χ1) is 6.70. The number of aromatic nitrogens is 2. The Morgan fingerprint density at radius 1 is 1.71 bits per heavy atom. The van der Waals surface area contributed by atoms with Gasteiger partial charge in [0, 0.05) is 12.3 Å². The molecule has 1 aromatic heterocycles. The molecule has 0 radical (unpaired) electrons. The summed E-state index contributed by atoms with van der Waals surface area (Å²) in [7, 11) is 2.04. The molecule has 0 aromatic carbocycles. The van der Waals surface area contributed by atoms with Crippen LogP contribution in [0.3, 0.4) is 0 Å². The van der Waals surface area contributed by atoms with E-state index in [4.69, 9.17) is 5.73 Å². The van der Waals surface area contributed by atoms with E-state index in [0.717, 1.165) is 5.82 Å². The Kier molecular flexibility index (Phi) is 2.83. The number of nitrogens with two attached hydrogens (primary N) is 1. The Balaban J connectivity index is 2.17. The van der Waals surface area contributed by atoms with Crippen molar-refractivity contribution in [1.82, 2.24) is 9.55 Å². The highest BCUT2D eigenvalue weighted by molar-refractivity contribution is 8.00. The van der Waals surface area contributed by atoms with E-state index in [9.17, 15) is 0 Å². The van der Waals surface area contributed by atoms with Crippen LogP contribution in [0.15, 0.2) is 6.20 Å². The van der Waals surface area contributed by atoms with E-state index in [1.54, 1.807) is 0 Å². The van der Waals surface area contributed by atoms with Crippen LogP contribution in [-0.2, 0) is 7.05 Å². The number of imidazole rings is 1. The van der Waals surface area contributed by atoms with Crippen LogP contribution in [-0.4, -0.2) is 20.6 Å². The molecule has 2 heterocycles. The van der Waals surface area contributed by atoms with Gasteiger partial charge in [-0.15, -0.1) is 0 Å². The monoisotopic (exact) mass is 211 g/mol. The molecular formula is C10H17N3S. The molecule has 1 aliphatic heterocycles. The van der Waals surface area contributed by atoms with Crippen molar-refractivity contribution in [3.8, 4) is 0 Å². The molecule has 1 aliphatic rings. The maximum Gasteiger partial charge on any atom is 0.105 e. The lowest BCUT2D eigenvalue weighted by Crippen LogP contribution is -2.24. The zero-order chi connectivity index (χ0) is 10.1. The highest BCUT2D eigenvalue weighted by Gasteiger charge is 2.25. The third-order valence-electron chi connectivity index (χ3n) is 2.96. The summed E-state index contributed by atoms with van der Waals surface area (Å²) in [5, 5.41) is 0.588. The van der Waals surface area contributed by atoms with Gasteiger partial charge in [-0.05, 0) is 25.5 Å². The number of thioether (sulfide) groups is 1. The van der Waals surface area contributed by atoms with Gasteiger partial charge in [-0.1, -0.05) is 0 Å². The van der Waals surface area contributed by atoms with Gasteiger partial charge in [-0.25, -0.2) is 4.98 Å². The summed E-state index contributed by atoms with van der Waals surface area (Å²) in [5.74, 6) is 2.30. The number of hydrogen-bond acceptors (Lipinski definition) is 3. The van der Waals surface area contributed by atoms with Gasteiger partial charge in [0.05, 0.1) is 17.9 Å². The lowest BCUT2D eigenvalue weighted by atomic mass is 10.1. The van der Waals surface area contributed by atoms with Crippen molar-refractivity contribution in [2.24, 2.45) is 12.8 Å². The second kappa shape index (κ2) is 3.95. The first-order valence-electron chi connectivity index (χ1n) is 5.05.